The summed E-state index contributed by atoms with van der Waals surface area (Å²) in [6.07, 6.45) is 4.59. The molecule has 0 aliphatic heterocycles. The highest BCUT2D eigenvalue weighted by molar-refractivity contribution is 6.42. The third kappa shape index (κ3) is 3.77. The van der Waals surface area contributed by atoms with E-state index in [2.05, 4.69) is 0 Å². The molecule has 0 atom stereocenters. The van der Waals surface area contributed by atoms with E-state index in [9.17, 15) is 4.79 Å². The first kappa shape index (κ1) is 14.5. The van der Waals surface area contributed by atoms with Crippen molar-refractivity contribution in [3.05, 3.63) is 28.2 Å². The highest BCUT2D eigenvalue weighted by Crippen LogP contribution is 2.26. The maximum atomic E-state index is 12.0. The van der Waals surface area contributed by atoms with Gasteiger partial charge in [0, 0.05) is 19.2 Å². The normalized spacial score (nSPS) is 15.5. The molecule has 0 heterocycles. The first-order chi connectivity index (χ1) is 9.08. The minimum atomic E-state index is -0.00188. The molecule has 2 rings (SSSR count). The number of nitrogens with zero attached hydrogens (tertiary/aromatic N) is 1. The van der Waals surface area contributed by atoms with Crippen LogP contribution in [0, 0.1) is 0 Å². The molecule has 0 N–H and O–H groups in total. The highest BCUT2D eigenvalue weighted by atomic mass is 35.5. The van der Waals surface area contributed by atoms with Gasteiger partial charge in [0.05, 0.1) is 10.0 Å². The number of rotatable bonds is 4. The lowest BCUT2D eigenvalue weighted by Gasteiger charge is -2.24. The number of benzene rings is 1. The van der Waals surface area contributed by atoms with Gasteiger partial charge in [-0.25, -0.2) is 0 Å². The number of halogens is 2. The lowest BCUT2D eigenvalue weighted by molar-refractivity contribution is -0.134. The lowest BCUT2D eigenvalue weighted by Crippen LogP contribution is -2.38. The first-order valence-electron chi connectivity index (χ1n) is 6.41. The first-order valence-corrected chi connectivity index (χ1v) is 7.17. The molecule has 1 aromatic carbocycles. The Labute approximate surface area is 123 Å². The molecule has 0 spiro atoms. The second kappa shape index (κ2) is 6.49. The van der Waals surface area contributed by atoms with Gasteiger partial charge in [0.1, 0.15) is 5.75 Å². The van der Waals surface area contributed by atoms with Crippen LogP contribution in [0.25, 0.3) is 0 Å². The van der Waals surface area contributed by atoms with Crippen molar-refractivity contribution >= 4 is 29.1 Å². The smallest absolute Gasteiger partial charge is 0.260 e. The predicted octanol–water partition coefficient (Wildman–Crippen LogP) is 3.77. The third-order valence-corrected chi connectivity index (χ3v) is 4.26. The van der Waals surface area contributed by atoms with Crippen LogP contribution in [0.15, 0.2) is 18.2 Å². The molecule has 5 heteroatoms. The molecular formula is C14H17Cl2NO2. The van der Waals surface area contributed by atoms with Crippen LogP contribution in [0.5, 0.6) is 5.75 Å². The van der Waals surface area contributed by atoms with Crippen LogP contribution in [0.4, 0.5) is 0 Å². The highest BCUT2D eigenvalue weighted by Gasteiger charge is 2.23. The fourth-order valence-corrected chi connectivity index (χ4v) is 2.60. The Morgan fingerprint density at radius 2 is 2.00 bits per heavy atom. The summed E-state index contributed by atoms with van der Waals surface area (Å²) in [5, 5.41) is 0.902. The van der Waals surface area contributed by atoms with Crippen molar-refractivity contribution in [3.8, 4) is 5.75 Å². The van der Waals surface area contributed by atoms with E-state index in [-0.39, 0.29) is 12.5 Å². The van der Waals surface area contributed by atoms with Gasteiger partial charge in [0.2, 0.25) is 0 Å². The molecule has 1 fully saturated rings. The number of carbonyl (C=O) groups excluding carboxylic acids is 1. The van der Waals surface area contributed by atoms with Crippen LogP contribution in [0.2, 0.25) is 10.0 Å². The van der Waals surface area contributed by atoms with Crippen LogP contribution >= 0.6 is 23.2 Å². The fourth-order valence-electron chi connectivity index (χ4n) is 2.31. The van der Waals surface area contributed by atoms with Gasteiger partial charge in [-0.1, -0.05) is 36.0 Å². The van der Waals surface area contributed by atoms with Crippen LogP contribution in [0.3, 0.4) is 0 Å². The molecule has 1 saturated carbocycles. The monoisotopic (exact) mass is 301 g/mol. The zero-order valence-corrected chi connectivity index (χ0v) is 12.4. The van der Waals surface area contributed by atoms with E-state index in [1.54, 1.807) is 23.1 Å². The van der Waals surface area contributed by atoms with Crippen molar-refractivity contribution in [2.75, 3.05) is 13.7 Å². The van der Waals surface area contributed by atoms with Gasteiger partial charge in [0.25, 0.3) is 5.91 Å². The molecule has 0 aromatic heterocycles. The molecule has 19 heavy (non-hydrogen) atoms. The zero-order chi connectivity index (χ0) is 13.8. The average molecular weight is 302 g/mol. The largest absolute Gasteiger partial charge is 0.484 e. The van der Waals surface area contributed by atoms with Crippen LogP contribution in [-0.4, -0.2) is 30.5 Å². The maximum absolute atomic E-state index is 12.0. The second-order valence-corrected chi connectivity index (χ2v) is 5.62. The van der Waals surface area contributed by atoms with Gasteiger partial charge in [-0.3, -0.25) is 4.79 Å². The summed E-state index contributed by atoms with van der Waals surface area (Å²) in [6, 6.07) is 5.35. The van der Waals surface area contributed by atoms with Crippen molar-refractivity contribution in [3.63, 3.8) is 0 Å². The molecule has 0 saturated heterocycles. The van der Waals surface area contributed by atoms with Gasteiger partial charge in [-0.05, 0) is 25.0 Å². The van der Waals surface area contributed by atoms with E-state index in [0.717, 1.165) is 12.8 Å². The minimum absolute atomic E-state index is 0.00188. The predicted molar refractivity (Wildman–Crippen MR) is 77.0 cm³/mol. The number of ether oxygens (including phenoxy) is 1. The minimum Gasteiger partial charge on any atom is -0.484 e. The van der Waals surface area contributed by atoms with E-state index in [1.165, 1.54) is 12.8 Å². The molecule has 1 aliphatic rings. The maximum Gasteiger partial charge on any atom is 0.260 e. The van der Waals surface area contributed by atoms with E-state index in [4.69, 9.17) is 27.9 Å². The summed E-state index contributed by atoms with van der Waals surface area (Å²) in [5.41, 5.74) is 0. The van der Waals surface area contributed by atoms with E-state index >= 15 is 0 Å². The Balaban J connectivity index is 1.87. The molecule has 104 valence electrons. The van der Waals surface area contributed by atoms with Crippen molar-refractivity contribution in [1.29, 1.82) is 0 Å². The van der Waals surface area contributed by atoms with E-state index in [1.807, 2.05) is 7.05 Å². The van der Waals surface area contributed by atoms with Crippen molar-refractivity contribution in [2.24, 2.45) is 0 Å². The topological polar surface area (TPSA) is 29.5 Å². The summed E-state index contributed by atoms with van der Waals surface area (Å²) >= 11 is 11.7. The number of hydrogen-bond acceptors (Lipinski definition) is 2. The Morgan fingerprint density at radius 1 is 1.32 bits per heavy atom. The van der Waals surface area contributed by atoms with Crippen molar-refractivity contribution in [1.82, 2.24) is 4.90 Å². The van der Waals surface area contributed by atoms with Gasteiger partial charge in [0.15, 0.2) is 6.61 Å². The Hall–Kier alpha value is -0.930. The summed E-state index contributed by atoms with van der Waals surface area (Å²) < 4.78 is 5.45. The van der Waals surface area contributed by atoms with Crippen molar-refractivity contribution < 1.29 is 9.53 Å². The molecule has 0 bridgehead atoms. The van der Waals surface area contributed by atoms with Gasteiger partial charge >= 0.3 is 0 Å². The zero-order valence-electron chi connectivity index (χ0n) is 10.9. The molecular weight excluding hydrogens is 285 g/mol. The molecule has 1 amide bonds. The van der Waals surface area contributed by atoms with Gasteiger partial charge in [-0.2, -0.15) is 0 Å². The van der Waals surface area contributed by atoms with Gasteiger partial charge in [-0.15, -0.1) is 0 Å². The van der Waals surface area contributed by atoms with E-state index in [0.29, 0.717) is 21.8 Å². The molecule has 3 nitrogen and oxygen atoms in total. The van der Waals surface area contributed by atoms with Crippen molar-refractivity contribution in [2.45, 2.75) is 31.7 Å². The summed E-state index contributed by atoms with van der Waals surface area (Å²) in [5.74, 6) is 0.556. The summed E-state index contributed by atoms with van der Waals surface area (Å²) in [7, 11) is 1.84. The Morgan fingerprint density at radius 3 is 2.63 bits per heavy atom. The number of hydrogen-bond donors (Lipinski definition) is 0. The number of carbonyl (C=O) groups is 1. The van der Waals surface area contributed by atoms with Gasteiger partial charge < -0.3 is 9.64 Å². The average Bonchev–Trinajstić information content (AvgIpc) is 2.93. The molecule has 1 aliphatic carbocycles. The summed E-state index contributed by atoms with van der Waals surface area (Å²) in [4.78, 5) is 13.8. The molecule has 0 unspecified atom stereocenters. The number of likely N-dealkylation sites (N-methyl/N-ethyl adjacent to an activating group) is 1. The lowest BCUT2D eigenvalue weighted by atomic mass is 10.2. The van der Waals surface area contributed by atoms with Crippen LogP contribution in [0.1, 0.15) is 25.7 Å². The third-order valence-electron chi connectivity index (χ3n) is 3.52. The quantitative estimate of drug-likeness (QED) is 0.847. The van der Waals surface area contributed by atoms with E-state index < -0.39 is 0 Å². The Bertz CT molecular complexity index is 459. The molecule has 0 radical (unpaired) electrons. The summed E-state index contributed by atoms with van der Waals surface area (Å²) in [6.45, 7) is 0.0327. The number of amides is 1. The SMILES string of the molecule is CN(C(=O)COc1ccc(Cl)c(Cl)c1)C1CCCC1. The second-order valence-electron chi connectivity index (χ2n) is 4.81. The fraction of sp³-hybridized carbons (Fsp3) is 0.500. The Kier molecular flexibility index (Phi) is 4.94. The molecule has 1 aromatic rings. The van der Waals surface area contributed by atoms with Crippen LogP contribution in [-0.2, 0) is 4.79 Å². The van der Waals surface area contributed by atoms with Crippen LogP contribution < -0.4 is 4.74 Å². The standard InChI is InChI=1S/C14H17Cl2NO2/c1-17(10-4-2-3-5-10)14(18)9-19-11-6-7-12(15)13(16)8-11/h6-8,10H,2-5,9H2,1H3.